The molecule has 0 radical (unpaired) electrons. The Morgan fingerprint density at radius 1 is 1.12 bits per heavy atom. The van der Waals surface area contributed by atoms with Gasteiger partial charge in [0.05, 0.1) is 12.6 Å². The van der Waals surface area contributed by atoms with Gasteiger partial charge in [-0.25, -0.2) is 4.39 Å². The number of aromatic amines is 1. The molecule has 42 heavy (non-hydrogen) atoms. The number of nitrogens with zero attached hydrogens (tertiary/aromatic N) is 4. The zero-order valence-corrected chi connectivity index (χ0v) is 25.7. The normalized spacial score (nSPS) is 18.6. The monoisotopic (exact) mass is 576 g/mol. The van der Waals surface area contributed by atoms with Crippen LogP contribution >= 0.6 is 0 Å². The number of aliphatic hydroxyl groups is 1. The third-order valence-corrected chi connectivity index (χ3v) is 8.37. The highest BCUT2D eigenvalue weighted by atomic mass is 19.1. The van der Waals surface area contributed by atoms with Crippen molar-refractivity contribution in [3.05, 3.63) is 82.9 Å². The van der Waals surface area contributed by atoms with E-state index in [0.717, 1.165) is 37.7 Å². The van der Waals surface area contributed by atoms with Crippen molar-refractivity contribution in [2.24, 2.45) is 11.3 Å². The van der Waals surface area contributed by atoms with E-state index in [9.17, 15) is 14.3 Å². The highest BCUT2D eigenvalue weighted by molar-refractivity contribution is 6.20. The van der Waals surface area contributed by atoms with Gasteiger partial charge in [0.1, 0.15) is 12.0 Å². The summed E-state index contributed by atoms with van der Waals surface area (Å²) in [7, 11) is 0. The summed E-state index contributed by atoms with van der Waals surface area (Å²) in [5.41, 5.74) is 2.65. The minimum Gasteiger partial charge on any atom is -0.374 e. The van der Waals surface area contributed by atoms with Gasteiger partial charge in [0.2, 0.25) is 0 Å². The van der Waals surface area contributed by atoms with Crippen LogP contribution in [0.15, 0.2) is 54.6 Å². The molecule has 4 rings (SSSR count). The minimum atomic E-state index is -0.914. The van der Waals surface area contributed by atoms with E-state index in [4.69, 9.17) is 0 Å². The van der Waals surface area contributed by atoms with E-state index in [2.05, 4.69) is 67.5 Å². The van der Waals surface area contributed by atoms with Gasteiger partial charge in [-0.3, -0.25) is 10.1 Å². The number of rotatable bonds is 12. The van der Waals surface area contributed by atoms with Gasteiger partial charge in [-0.15, -0.1) is 10.2 Å². The van der Waals surface area contributed by atoms with Crippen LogP contribution in [0.5, 0.6) is 0 Å². The van der Waals surface area contributed by atoms with Gasteiger partial charge >= 0.3 is 0 Å². The van der Waals surface area contributed by atoms with E-state index in [0.29, 0.717) is 22.5 Å². The van der Waals surface area contributed by atoms with Gasteiger partial charge in [0.25, 0.3) is 5.91 Å². The molecule has 3 unspecified atom stereocenters. The number of aliphatic hydroxyl groups excluding tert-OH is 1. The number of carbonyl (C=O) groups is 1. The number of hydrogen-bond acceptors (Lipinski definition) is 6. The molecule has 0 saturated carbocycles. The van der Waals surface area contributed by atoms with Crippen LogP contribution in [0.2, 0.25) is 0 Å². The Bertz CT molecular complexity index is 1350. The third-order valence-electron chi connectivity index (χ3n) is 8.37. The van der Waals surface area contributed by atoms with E-state index in [1.807, 2.05) is 41.3 Å². The molecule has 1 amide bonds. The summed E-state index contributed by atoms with van der Waals surface area (Å²) < 4.78 is 14.3. The van der Waals surface area contributed by atoms with Crippen LogP contribution in [-0.2, 0) is 11.3 Å². The Morgan fingerprint density at radius 2 is 1.83 bits per heavy atom. The molecule has 2 heterocycles. The van der Waals surface area contributed by atoms with Gasteiger partial charge in [0, 0.05) is 17.0 Å². The molecule has 3 aromatic rings. The number of amides is 1. The number of nitrogens with one attached hydrogen (secondary N) is 2. The number of tetrazole rings is 1. The van der Waals surface area contributed by atoms with E-state index in [-0.39, 0.29) is 35.6 Å². The summed E-state index contributed by atoms with van der Waals surface area (Å²) in [6.07, 6.45) is 5.90. The first-order valence-corrected chi connectivity index (χ1v) is 15.0. The lowest BCUT2D eigenvalue weighted by Gasteiger charge is -2.51. The number of hydrogen-bond donors (Lipinski definition) is 3. The van der Waals surface area contributed by atoms with Gasteiger partial charge < -0.3 is 10.0 Å². The Kier molecular flexibility index (Phi) is 9.94. The molecule has 3 atom stereocenters. The zero-order valence-electron chi connectivity index (χ0n) is 25.7. The van der Waals surface area contributed by atoms with Crippen molar-refractivity contribution in [1.82, 2.24) is 30.8 Å². The predicted octanol–water partition coefficient (Wildman–Crippen LogP) is 6.50. The Hall–Kier alpha value is -3.43. The van der Waals surface area contributed by atoms with Crippen LogP contribution in [0, 0.1) is 17.2 Å². The molecule has 8 nitrogen and oxygen atoms in total. The van der Waals surface area contributed by atoms with E-state index < -0.39 is 11.8 Å². The first kappa shape index (κ1) is 31.5. The number of benzene rings is 2. The van der Waals surface area contributed by atoms with E-state index >= 15 is 0 Å². The average Bonchev–Trinajstić information content (AvgIpc) is 3.46. The summed E-state index contributed by atoms with van der Waals surface area (Å²) in [6.45, 7) is 13.4. The molecular formula is C33H45FN6O2. The van der Waals surface area contributed by atoms with Crippen LogP contribution in [0.25, 0.3) is 5.57 Å². The molecule has 1 aliphatic heterocycles. The fourth-order valence-corrected chi connectivity index (χ4v) is 5.98. The third kappa shape index (κ3) is 7.50. The van der Waals surface area contributed by atoms with Crippen molar-refractivity contribution in [2.75, 3.05) is 0 Å². The highest BCUT2D eigenvalue weighted by Crippen LogP contribution is 2.44. The molecule has 9 heteroatoms. The number of unbranched alkanes of at least 4 members (excludes halogenated alkanes) is 1. The number of carbonyl (C=O) groups excluding carboxylic acids is 1. The fourth-order valence-electron chi connectivity index (χ4n) is 5.98. The van der Waals surface area contributed by atoms with Crippen molar-refractivity contribution >= 4 is 11.5 Å². The van der Waals surface area contributed by atoms with Gasteiger partial charge in [-0.05, 0) is 67.3 Å². The molecule has 0 bridgehead atoms. The van der Waals surface area contributed by atoms with Crippen molar-refractivity contribution in [3.8, 4) is 0 Å². The summed E-state index contributed by atoms with van der Waals surface area (Å²) in [5, 5.41) is 27.5. The number of H-pyrrole nitrogens is 1. The Balaban J connectivity index is 1.65. The molecular weight excluding hydrogens is 531 g/mol. The Labute approximate surface area is 248 Å². The molecule has 3 N–H and O–H groups in total. The summed E-state index contributed by atoms with van der Waals surface area (Å²) in [4.78, 5) is 16.4. The summed E-state index contributed by atoms with van der Waals surface area (Å²) in [5.74, 6) is 0.119. The fraction of sp³-hybridized carbons (Fsp3) is 0.515. The van der Waals surface area contributed by atoms with Gasteiger partial charge in [-0.2, -0.15) is 5.21 Å². The second kappa shape index (κ2) is 13.3. The van der Waals surface area contributed by atoms with Crippen molar-refractivity contribution < 1.29 is 14.3 Å². The summed E-state index contributed by atoms with van der Waals surface area (Å²) in [6, 6.07) is 13.9. The zero-order chi connectivity index (χ0) is 30.5. The van der Waals surface area contributed by atoms with Gasteiger partial charge in [-0.1, -0.05) is 88.2 Å². The van der Waals surface area contributed by atoms with E-state index in [1.165, 1.54) is 12.1 Å². The molecule has 0 saturated heterocycles. The minimum absolute atomic E-state index is 0.0815. The number of aromatic nitrogens is 4. The maximum atomic E-state index is 14.4. The maximum absolute atomic E-state index is 14.4. The van der Waals surface area contributed by atoms with Crippen LogP contribution in [0.3, 0.4) is 0 Å². The first-order chi connectivity index (χ1) is 19.9. The lowest BCUT2D eigenvalue weighted by Crippen LogP contribution is -2.56. The predicted molar refractivity (Wildman–Crippen MR) is 162 cm³/mol. The Morgan fingerprint density at radius 3 is 2.45 bits per heavy atom. The molecule has 1 aromatic heterocycles. The van der Waals surface area contributed by atoms with Crippen LogP contribution in [0.1, 0.15) is 108 Å². The molecule has 0 aliphatic carbocycles. The number of halogens is 1. The van der Waals surface area contributed by atoms with E-state index in [1.54, 1.807) is 6.07 Å². The quantitative estimate of drug-likeness (QED) is 0.168. The summed E-state index contributed by atoms with van der Waals surface area (Å²) >= 11 is 0. The van der Waals surface area contributed by atoms with Crippen LogP contribution < -0.4 is 5.32 Å². The lowest BCUT2D eigenvalue weighted by atomic mass is 9.75. The second-order valence-corrected chi connectivity index (χ2v) is 13.0. The van der Waals surface area contributed by atoms with Crippen molar-refractivity contribution in [2.45, 2.75) is 98.0 Å². The average molecular weight is 577 g/mol. The van der Waals surface area contributed by atoms with Crippen molar-refractivity contribution in [3.63, 3.8) is 0 Å². The smallest absolute Gasteiger partial charge is 0.255 e. The standard InChI is InChI=1S/C33H45FN6O2/c1-7-25-20-27(24-11-10-12-26(34)19-24)31(42)40(33(25,5)6)28(13-8-9-18-32(2,3)4)22-14-16-23(17-15-22)30(41)35-21-29-36-38-39-37-29/h10-12,14-17,19-20,25,28,30,35,41H,7-9,13,18,21H2,1-6H3,(H,36,37,38,39). The highest BCUT2D eigenvalue weighted by Gasteiger charge is 2.45. The van der Waals surface area contributed by atoms with Gasteiger partial charge in [0.15, 0.2) is 5.82 Å². The molecule has 0 spiro atoms. The topological polar surface area (TPSA) is 107 Å². The maximum Gasteiger partial charge on any atom is 0.255 e. The largest absolute Gasteiger partial charge is 0.374 e. The molecule has 1 aliphatic rings. The molecule has 2 aromatic carbocycles. The van der Waals surface area contributed by atoms with Crippen LogP contribution in [-0.4, -0.2) is 42.1 Å². The first-order valence-electron chi connectivity index (χ1n) is 15.0. The molecule has 0 fully saturated rings. The van der Waals surface area contributed by atoms with Crippen molar-refractivity contribution in [1.29, 1.82) is 0 Å². The van der Waals surface area contributed by atoms with Crippen LogP contribution in [0.4, 0.5) is 4.39 Å². The SMILES string of the molecule is CCC1C=C(c2cccc(F)c2)C(=O)N(C(CCCCC(C)(C)C)c2ccc(C(O)NCc3nn[nH]n3)cc2)C1(C)C. The second-order valence-electron chi connectivity index (χ2n) is 13.0. The lowest BCUT2D eigenvalue weighted by molar-refractivity contribution is -0.137. The molecule has 226 valence electrons.